The van der Waals surface area contributed by atoms with Crippen molar-refractivity contribution in [3.05, 3.63) is 12.2 Å². The average Bonchev–Trinajstić information content (AvgIpc) is 3.33. The number of aliphatic hydroxyl groups excluding tert-OH is 2. The summed E-state index contributed by atoms with van der Waals surface area (Å²) >= 11 is 0. The average molecular weight is 947 g/mol. The molecular formula is C61H119NO5. The normalized spacial score (nSPS) is 12.6. The molecule has 67 heavy (non-hydrogen) atoms. The summed E-state index contributed by atoms with van der Waals surface area (Å²) in [6.07, 6.45) is 68.1. The number of amides is 1. The van der Waals surface area contributed by atoms with Crippen LogP contribution in [-0.4, -0.2) is 47.4 Å². The minimum absolute atomic E-state index is 0.00758. The lowest BCUT2D eigenvalue weighted by molar-refractivity contribution is -0.143. The molecule has 0 spiro atoms. The third-order valence-corrected chi connectivity index (χ3v) is 14.3. The standard InChI is InChI=1S/C61H119NO5/c1-3-5-7-9-11-13-15-17-19-20-21-22-27-31-35-39-43-47-51-55-61(66)67-56-52-48-44-40-36-32-28-24-23-26-30-34-38-42-46-50-54-60(65)62-58(57-63)59(64)53-49-45-41-37-33-29-25-18-16-14-12-10-8-6-4-2/h49,53,58-59,63-64H,3-48,50-52,54-57H2,1-2H3,(H,62,65)/b53-49+. The molecule has 2 unspecified atom stereocenters. The van der Waals surface area contributed by atoms with Crippen molar-refractivity contribution in [3.8, 4) is 0 Å². The first-order valence-electron chi connectivity index (χ1n) is 30.5. The molecule has 2 atom stereocenters. The van der Waals surface area contributed by atoms with Gasteiger partial charge in [0.05, 0.1) is 25.4 Å². The summed E-state index contributed by atoms with van der Waals surface area (Å²) in [5.41, 5.74) is 0. The Labute approximate surface area is 419 Å². The number of aliphatic hydroxyl groups is 2. The maximum absolute atomic E-state index is 12.5. The van der Waals surface area contributed by atoms with Crippen molar-refractivity contribution in [1.29, 1.82) is 0 Å². The number of ether oxygens (including phenoxy) is 1. The van der Waals surface area contributed by atoms with Crippen LogP contribution < -0.4 is 5.32 Å². The fourth-order valence-electron chi connectivity index (χ4n) is 9.64. The van der Waals surface area contributed by atoms with Gasteiger partial charge < -0.3 is 20.3 Å². The van der Waals surface area contributed by atoms with Gasteiger partial charge in [-0.25, -0.2) is 0 Å². The van der Waals surface area contributed by atoms with E-state index in [4.69, 9.17) is 4.74 Å². The fourth-order valence-corrected chi connectivity index (χ4v) is 9.64. The number of rotatable bonds is 57. The number of nitrogens with one attached hydrogen (secondary N) is 1. The van der Waals surface area contributed by atoms with Crippen LogP contribution in [0.15, 0.2) is 12.2 Å². The van der Waals surface area contributed by atoms with Crippen LogP contribution in [-0.2, 0) is 14.3 Å². The Morgan fingerprint density at radius 3 is 1.01 bits per heavy atom. The lowest BCUT2D eigenvalue weighted by atomic mass is 10.0. The maximum Gasteiger partial charge on any atom is 0.305 e. The highest BCUT2D eigenvalue weighted by atomic mass is 16.5. The molecule has 0 aliphatic carbocycles. The number of allylic oxidation sites excluding steroid dienone is 1. The molecule has 0 radical (unpaired) electrons. The van der Waals surface area contributed by atoms with E-state index in [1.54, 1.807) is 6.08 Å². The highest BCUT2D eigenvalue weighted by molar-refractivity contribution is 5.76. The largest absolute Gasteiger partial charge is 0.466 e. The van der Waals surface area contributed by atoms with Crippen molar-refractivity contribution in [3.63, 3.8) is 0 Å². The number of unbranched alkanes of at least 4 members (excludes halogenated alkanes) is 46. The van der Waals surface area contributed by atoms with Gasteiger partial charge in [-0.05, 0) is 32.1 Å². The Bertz CT molecular complexity index is 1000. The third-order valence-electron chi connectivity index (χ3n) is 14.3. The number of hydrogen-bond acceptors (Lipinski definition) is 5. The highest BCUT2D eigenvalue weighted by Gasteiger charge is 2.18. The van der Waals surface area contributed by atoms with E-state index in [1.165, 1.54) is 276 Å². The molecule has 6 heteroatoms. The highest BCUT2D eigenvalue weighted by Crippen LogP contribution is 2.18. The zero-order valence-electron chi connectivity index (χ0n) is 45.4. The molecule has 0 rings (SSSR count). The van der Waals surface area contributed by atoms with Crippen LogP contribution in [0.3, 0.4) is 0 Å². The van der Waals surface area contributed by atoms with Gasteiger partial charge in [-0.3, -0.25) is 9.59 Å². The van der Waals surface area contributed by atoms with E-state index in [9.17, 15) is 19.8 Å². The van der Waals surface area contributed by atoms with Crippen molar-refractivity contribution < 1.29 is 24.5 Å². The van der Waals surface area contributed by atoms with Gasteiger partial charge in [0.2, 0.25) is 5.91 Å². The zero-order chi connectivity index (χ0) is 48.6. The molecule has 0 aromatic carbocycles. The first-order valence-corrected chi connectivity index (χ1v) is 30.5. The summed E-state index contributed by atoms with van der Waals surface area (Å²) in [4.78, 5) is 24.6. The second kappa shape index (κ2) is 57.2. The molecule has 0 aliphatic heterocycles. The summed E-state index contributed by atoms with van der Waals surface area (Å²) < 4.78 is 5.50. The molecule has 0 heterocycles. The lowest BCUT2D eigenvalue weighted by Gasteiger charge is -2.20. The van der Waals surface area contributed by atoms with Crippen LogP contribution >= 0.6 is 0 Å². The quantitative estimate of drug-likeness (QED) is 0.0321. The fraction of sp³-hybridized carbons (Fsp3) is 0.934. The molecular weight excluding hydrogens is 827 g/mol. The van der Waals surface area contributed by atoms with E-state index in [0.717, 1.165) is 38.5 Å². The maximum atomic E-state index is 12.5. The van der Waals surface area contributed by atoms with Crippen LogP contribution in [0.1, 0.15) is 341 Å². The van der Waals surface area contributed by atoms with Crippen LogP contribution in [0.2, 0.25) is 0 Å². The summed E-state index contributed by atoms with van der Waals surface area (Å²) in [5.74, 6) is -0.0648. The Hall–Kier alpha value is -1.40. The van der Waals surface area contributed by atoms with E-state index in [1.807, 2.05) is 6.08 Å². The number of esters is 1. The Morgan fingerprint density at radius 1 is 0.403 bits per heavy atom. The van der Waals surface area contributed by atoms with Crippen molar-refractivity contribution in [2.24, 2.45) is 0 Å². The summed E-state index contributed by atoms with van der Waals surface area (Å²) in [6.45, 7) is 4.92. The molecule has 0 saturated heterocycles. The molecule has 0 bridgehead atoms. The number of carbonyl (C=O) groups excluding carboxylic acids is 2. The van der Waals surface area contributed by atoms with Crippen LogP contribution in [0.5, 0.6) is 0 Å². The molecule has 0 saturated carbocycles. The van der Waals surface area contributed by atoms with Gasteiger partial charge >= 0.3 is 5.97 Å². The number of carbonyl (C=O) groups is 2. The molecule has 0 aromatic rings. The summed E-state index contributed by atoms with van der Waals surface area (Å²) in [6, 6.07) is -0.632. The Morgan fingerprint density at radius 2 is 0.687 bits per heavy atom. The van der Waals surface area contributed by atoms with E-state index in [2.05, 4.69) is 19.2 Å². The smallest absolute Gasteiger partial charge is 0.305 e. The second-order valence-corrected chi connectivity index (χ2v) is 21.0. The van der Waals surface area contributed by atoms with Gasteiger partial charge in [0.25, 0.3) is 0 Å². The van der Waals surface area contributed by atoms with Gasteiger partial charge in [0.15, 0.2) is 0 Å². The molecule has 0 fully saturated rings. The third kappa shape index (κ3) is 53.8. The predicted molar refractivity (Wildman–Crippen MR) is 292 cm³/mol. The summed E-state index contributed by atoms with van der Waals surface area (Å²) in [7, 11) is 0. The van der Waals surface area contributed by atoms with E-state index in [0.29, 0.717) is 19.4 Å². The van der Waals surface area contributed by atoms with Gasteiger partial charge in [0.1, 0.15) is 0 Å². The SMILES string of the molecule is CCCCCCCCCCCCCCC/C=C/C(O)C(CO)NC(=O)CCCCCCCCCCCCCCCCCCOC(=O)CCCCCCCCCCCCCCCCCCCCC. The van der Waals surface area contributed by atoms with Crippen molar-refractivity contribution in [1.82, 2.24) is 5.32 Å². The number of hydrogen-bond donors (Lipinski definition) is 3. The van der Waals surface area contributed by atoms with Gasteiger partial charge in [-0.15, -0.1) is 0 Å². The minimum atomic E-state index is -0.848. The van der Waals surface area contributed by atoms with E-state index >= 15 is 0 Å². The molecule has 3 N–H and O–H groups in total. The molecule has 398 valence electrons. The van der Waals surface area contributed by atoms with Crippen LogP contribution in [0.4, 0.5) is 0 Å². The first-order chi connectivity index (χ1) is 33.0. The van der Waals surface area contributed by atoms with E-state index < -0.39 is 12.1 Å². The molecule has 0 aromatic heterocycles. The zero-order valence-corrected chi connectivity index (χ0v) is 45.4. The van der Waals surface area contributed by atoms with Gasteiger partial charge in [-0.2, -0.15) is 0 Å². The van der Waals surface area contributed by atoms with Gasteiger partial charge in [-0.1, -0.05) is 309 Å². The summed E-state index contributed by atoms with van der Waals surface area (Å²) in [5, 5.41) is 23.1. The van der Waals surface area contributed by atoms with Crippen molar-refractivity contribution in [2.45, 2.75) is 353 Å². The Balaban J connectivity index is 3.41. The van der Waals surface area contributed by atoms with Crippen molar-refractivity contribution >= 4 is 11.9 Å². The second-order valence-electron chi connectivity index (χ2n) is 21.0. The van der Waals surface area contributed by atoms with Crippen molar-refractivity contribution in [2.75, 3.05) is 13.2 Å². The molecule has 0 aliphatic rings. The monoisotopic (exact) mass is 946 g/mol. The topological polar surface area (TPSA) is 95.9 Å². The van der Waals surface area contributed by atoms with Crippen LogP contribution in [0, 0.1) is 0 Å². The Kier molecular flexibility index (Phi) is 56.0. The predicted octanol–water partition coefficient (Wildman–Crippen LogP) is 18.9. The molecule has 1 amide bonds. The lowest BCUT2D eigenvalue weighted by Crippen LogP contribution is -2.45. The van der Waals surface area contributed by atoms with Gasteiger partial charge in [0, 0.05) is 12.8 Å². The van der Waals surface area contributed by atoms with E-state index in [-0.39, 0.29) is 18.5 Å². The minimum Gasteiger partial charge on any atom is -0.466 e. The van der Waals surface area contributed by atoms with Crippen LogP contribution in [0.25, 0.3) is 0 Å². The molecule has 6 nitrogen and oxygen atoms in total. The first kappa shape index (κ1) is 65.6.